The maximum absolute atomic E-state index is 10.2. The molecule has 0 saturated carbocycles. The van der Waals surface area contributed by atoms with Gasteiger partial charge in [-0.25, -0.2) is 0 Å². The van der Waals surface area contributed by atoms with Crippen LogP contribution >= 0.6 is 11.6 Å². The summed E-state index contributed by atoms with van der Waals surface area (Å²) in [4.78, 5) is 0. The minimum Gasteiger partial charge on any atom is -0.387 e. The van der Waals surface area contributed by atoms with Crippen LogP contribution in [0.1, 0.15) is 17.2 Å². The van der Waals surface area contributed by atoms with Crippen LogP contribution in [0.3, 0.4) is 0 Å². The lowest BCUT2D eigenvalue weighted by molar-refractivity contribution is 0.174. The fourth-order valence-corrected chi connectivity index (χ4v) is 2.72. The summed E-state index contributed by atoms with van der Waals surface area (Å²) in [5.74, 6) is 0. The fraction of sp³-hybridized carbons (Fsp3) is 0.158. The van der Waals surface area contributed by atoms with Crippen molar-refractivity contribution in [2.24, 2.45) is 0 Å². The second-order valence-electron chi connectivity index (χ2n) is 5.34. The first-order chi connectivity index (χ1) is 10.7. The van der Waals surface area contributed by atoms with Crippen LogP contribution in [0, 0.1) is 0 Å². The molecule has 3 aromatic carbocycles. The van der Waals surface area contributed by atoms with E-state index in [0.717, 1.165) is 12.1 Å². The number of benzene rings is 3. The molecule has 3 heteroatoms. The van der Waals surface area contributed by atoms with Gasteiger partial charge in [-0.3, -0.25) is 0 Å². The van der Waals surface area contributed by atoms with Crippen LogP contribution in [-0.2, 0) is 6.54 Å². The van der Waals surface area contributed by atoms with Gasteiger partial charge in [-0.05, 0) is 34.0 Å². The zero-order valence-electron chi connectivity index (χ0n) is 12.2. The van der Waals surface area contributed by atoms with Crippen LogP contribution in [0.25, 0.3) is 10.8 Å². The molecular formula is C19H18ClNO. The van der Waals surface area contributed by atoms with Gasteiger partial charge in [0.1, 0.15) is 0 Å². The Morgan fingerprint density at radius 2 is 1.64 bits per heavy atom. The Kier molecular flexibility index (Phi) is 4.74. The molecule has 0 heterocycles. The smallest absolute Gasteiger partial charge is 0.0914 e. The summed E-state index contributed by atoms with van der Waals surface area (Å²) in [5, 5.41) is 16.7. The molecule has 0 unspecified atom stereocenters. The second-order valence-corrected chi connectivity index (χ2v) is 5.77. The van der Waals surface area contributed by atoms with Gasteiger partial charge in [0.05, 0.1) is 6.10 Å². The summed E-state index contributed by atoms with van der Waals surface area (Å²) in [5.41, 5.74) is 2.11. The predicted molar refractivity (Wildman–Crippen MR) is 92.1 cm³/mol. The molecule has 0 radical (unpaired) electrons. The van der Waals surface area contributed by atoms with Gasteiger partial charge >= 0.3 is 0 Å². The average molecular weight is 312 g/mol. The molecular weight excluding hydrogens is 294 g/mol. The molecule has 2 N–H and O–H groups in total. The summed E-state index contributed by atoms with van der Waals surface area (Å²) in [7, 11) is 0. The van der Waals surface area contributed by atoms with Crippen LogP contribution in [-0.4, -0.2) is 11.7 Å². The zero-order chi connectivity index (χ0) is 15.4. The van der Waals surface area contributed by atoms with Crippen LogP contribution < -0.4 is 5.32 Å². The van der Waals surface area contributed by atoms with Crippen molar-refractivity contribution in [3.8, 4) is 0 Å². The minimum atomic E-state index is -0.535. The summed E-state index contributed by atoms with van der Waals surface area (Å²) in [6.45, 7) is 1.23. The van der Waals surface area contributed by atoms with E-state index in [2.05, 4.69) is 35.6 Å². The molecule has 3 aromatic rings. The summed E-state index contributed by atoms with van der Waals surface area (Å²) in [6, 6.07) is 21.9. The Morgan fingerprint density at radius 1 is 0.909 bits per heavy atom. The number of aliphatic hydroxyl groups excluding tert-OH is 1. The lowest BCUT2D eigenvalue weighted by Crippen LogP contribution is -2.21. The van der Waals surface area contributed by atoms with Gasteiger partial charge < -0.3 is 10.4 Å². The molecule has 112 valence electrons. The van der Waals surface area contributed by atoms with Gasteiger partial charge in [-0.1, -0.05) is 66.2 Å². The number of hydrogen-bond acceptors (Lipinski definition) is 2. The average Bonchev–Trinajstić information content (AvgIpc) is 2.55. The third-order valence-corrected chi connectivity index (χ3v) is 4.04. The monoisotopic (exact) mass is 311 g/mol. The minimum absolute atomic E-state index is 0.505. The van der Waals surface area contributed by atoms with Gasteiger partial charge in [-0.15, -0.1) is 0 Å². The van der Waals surface area contributed by atoms with E-state index in [1.165, 1.54) is 16.3 Å². The Balaban J connectivity index is 1.63. The topological polar surface area (TPSA) is 32.3 Å². The predicted octanol–water partition coefficient (Wildman–Crippen LogP) is 4.32. The first-order valence-electron chi connectivity index (χ1n) is 7.35. The molecule has 0 aliphatic rings. The molecule has 0 saturated heterocycles. The van der Waals surface area contributed by atoms with Crippen molar-refractivity contribution in [2.75, 3.05) is 6.54 Å². The molecule has 0 aromatic heterocycles. The highest BCUT2D eigenvalue weighted by molar-refractivity contribution is 6.30. The summed E-state index contributed by atoms with van der Waals surface area (Å²) in [6.07, 6.45) is -0.535. The number of halogens is 1. The maximum atomic E-state index is 10.2. The van der Waals surface area contributed by atoms with Gasteiger partial charge in [0.25, 0.3) is 0 Å². The van der Waals surface area contributed by atoms with E-state index in [1.54, 1.807) is 12.1 Å². The molecule has 1 atom stereocenters. The van der Waals surface area contributed by atoms with Crippen molar-refractivity contribution in [3.63, 3.8) is 0 Å². The van der Waals surface area contributed by atoms with E-state index < -0.39 is 6.10 Å². The second kappa shape index (κ2) is 6.93. The van der Waals surface area contributed by atoms with E-state index in [-0.39, 0.29) is 0 Å². The molecule has 0 amide bonds. The van der Waals surface area contributed by atoms with E-state index >= 15 is 0 Å². The largest absolute Gasteiger partial charge is 0.387 e. The number of aliphatic hydroxyl groups is 1. The summed E-state index contributed by atoms with van der Waals surface area (Å²) >= 11 is 5.86. The van der Waals surface area contributed by atoms with Gasteiger partial charge in [-0.2, -0.15) is 0 Å². The molecule has 22 heavy (non-hydrogen) atoms. The molecule has 0 bridgehead atoms. The SMILES string of the molecule is O[C@@H](CNCc1cccc2ccccc12)c1ccc(Cl)cc1. The van der Waals surface area contributed by atoms with Crippen LogP contribution in [0.2, 0.25) is 5.02 Å². The highest BCUT2D eigenvalue weighted by Crippen LogP contribution is 2.19. The molecule has 0 aliphatic carbocycles. The van der Waals surface area contributed by atoms with Crippen molar-refractivity contribution >= 4 is 22.4 Å². The van der Waals surface area contributed by atoms with Crippen molar-refractivity contribution in [3.05, 3.63) is 82.9 Å². The van der Waals surface area contributed by atoms with Crippen molar-refractivity contribution in [1.82, 2.24) is 5.32 Å². The molecule has 0 aliphatic heterocycles. The number of fused-ring (bicyclic) bond motifs is 1. The van der Waals surface area contributed by atoms with Crippen molar-refractivity contribution in [1.29, 1.82) is 0 Å². The maximum Gasteiger partial charge on any atom is 0.0914 e. The number of nitrogens with one attached hydrogen (secondary N) is 1. The lowest BCUT2D eigenvalue weighted by atomic mass is 10.0. The Bertz CT molecular complexity index is 749. The van der Waals surface area contributed by atoms with E-state index in [9.17, 15) is 5.11 Å². The van der Waals surface area contributed by atoms with Gasteiger partial charge in [0.15, 0.2) is 0 Å². The van der Waals surface area contributed by atoms with Crippen LogP contribution in [0.5, 0.6) is 0 Å². The summed E-state index contributed by atoms with van der Waals surface area (Å²) < 4.78 is 0. The first kappa shape index (κ1) is 15.0. The zero-order valence-corrected chi connectivity index (χ0v) is 12.9. The van der Waals surface area contributed by atoms with E-state index in [1.807, 2.05) is 24.3 Å². The third kappa shape index (κ3) is 3.47. The van der Waals surface area contributed by atoms with Gasteiger partial charge in [0.2, 0.25) is 0 Å². The molecule has 3 rings (SSSR count). The van der Waals surface area contributed by atoms with Crippen molar-refractivity contribution < 1.29 is 5.11 Å². The molecule has 0 fully saturated rings. The highest BCUT2D eigenvalue weighted by Gasteiger charge is 2.07. The molecule has 0 spiro atoms. The number of rotatable bonds is 5. The number of hydrogen-bond donors (Lipinski definition) is 2. The lowest BCUT2D eigenvalue weighted by Gasteiger charge is -2.13. The Labute approximate surface area is 135 Å². The van der Waals surface area contributed by atoms with Crippen LogP contribution in [0.15, 0.2) is 66.7 Å². The fourth-order valence-electron chi connectivity index (χ4n) is 2.59. The Hall–Kier alpha value is -1.87. The first-order valence-corrected chi connectivity index (χ1v) is 7.73. The third-order valence-electron chi connectivity index (χ3n) is 3.79. The van der Waals surface area contributed by atoms with Crippen molar-refractivity contribution in [2.45, 2.75) is 12.6 Å². The standard InChI is InChI=1S/C19H18ClNO/c20-17-10-8-15(9-11-17)19(22)13-21-12-16-6-3-5-14-4-1-2-7-18(14)16/h1-11,19,21-22H,12-13H2/t19-/m0/s1. The quantitative estimate of drug-likeness (QED) is 0.735. The van der Waals surface area contributed by atoms with Crippen LogP contribution in [0.4, 0.5) is 0 Å². The Morgan fingerprint density at radius 3 is 2.45 bits per heavy atom. The molecule has 2 nitrogen and oxygen atoms in total. The van der Waals surface area contributed by atoms with E-state index in [0.29, 0.717) is 11.6 Å². The normalized spacial score (nSPS) is 12.5. The highest BCUT2D eigenvalue weighted by atomic mass is 35.5. The van der Waals surface area contributed by atoms with E-state index in [4.69, 9.17) is 11.6 Å². The van der Waals surface area contributed by atoms with Gasteiger partial charge in [0, 0.05) is 18.1 Å².